The van der Waals surface area contributed by atoms with Gasteiger partial charge in [-0.15, -0.1) is 0 Å². The standard InChI is InChI=1S/C23H10N4O2S/c1-25-17(12-24)19-14-9-5-6-10-15(14)20(28)16(19)11-18-26-23-21(29-18)27-22(30-23)13-7-3-2-4-8-13/h2-11H/b16-11-,19-17-. The summed E-state index contributed by atoms with van der Waals surface area (Å²) in [5.74, 6) is -0.0595. The average molecular weight is 406 g/mol. The van der Waals surface area contributed by atoms with Gasteiger partial charge in [-0.2, -0.15) is 9.97 Å². The highest BCUT2D eigenvalue weighted by molar-refractivity contribution is 7.21. The number of nitriles is 1. The first-order valence-electron chi connectivity index (χ1n) is 8.90. The minimum Gasteiger partial charge on any atom is -0.417 e. The van der Waals surface area contributed by atoms with Gasteiger partial charge in [0.1, 0.15) is 5.01 Å². The molecule has 4 aromatic rings. The van der Waals surface area contributed by atoms with E-state index in [1.165, 1.54) is 17.4 Å². The summed E-state index contributed by atoms with van der Waals surface area (Å²) in [6, 6.07) is 18.5. The third-order valence-electron chi connectivity index (χ3n) is 4.69. The van der Waals surface area contributed by atoms with Gasteiger partial charge >= 0.3 is 0 Å². The first-order valence-corrected chi connectivity index (χ1v) is 9.72. The van der Waals surface area contributed by atoms with E-state index in [1.54, 1.807) is 24.3 Å². The number of nitrogens with zero attached hydrogens (tertiary/aromatic N) is 4. The van der Waals surface area contributed by atoms with Crippen molar-refractivity contribution in [1.29, 1.82) is 5.26 Å². The van der Waals surface area contributed by atoms with E-state index in [0.717, 1.165) is 10.6 Å². The van der Waals surface area contributed by atoms with Crippen molar-refractivity contribution >= 4 is 39.3 Å². The van der Waals surface area contributed by atoms with Crippen LogP contribution in [0.1, 0.15) is 21.8 Å². The number of Topliss-reactive ketones (excluding diaryl/α,β-unsaturated/α-hetero) is 1. The van der Waals surface area contributed by atoms with Crippen molar-refractivity contribution in [1.82, 2.24) is 9.97 Å². The maximum Gasteiger partial charge on any atom is 0.270 e. The zero-order valence-corrected chi connectivity index (χ0v) is 16.1. The Labute approximate surface area is 174 Å². The number of hydrogen-bond acceptors (Lipinski definition) is 6. The van der Waals surface area contributed by atoms with Crippen molar-refractivity contribution < 1.29 is 9.21 Å². The SMILES string of the molecule is [C-]#[N+]/C(C#N)=C1\C(=C\c2nc3sc(-c4ccccc4)nc3o2)C(=O)c2ccccc21. The molecule has 0 aliphatic heterocycles. The van der Waals surface area contributed by atoms with Gasteiger partial charge in [0.05, 0.1) is 12.6 Å². The van der Waals surface area contributed by atoms with E-state index >= 15 is 0 Å². The van der Waals surface area contributed by atoms with Gasteiger partial charge in [-0.1, -0.05) is 65.9 Å². The molecule has 0 saturated heterocycles. The molecule has 7 heteroatoms. The van der Waals surface area contributed by atoms with Crippen LogP contribution in [0.25, 0.3) is 37.6 Å². The molecule has 1 aliphatic rings. The Balaban J connectivity index is 1.62. The zero-order chi connectivity index (χ0) is 20.7. The van der Waals surface area contributed by atoms with Crippen molar-refractivity contribution in [2.24, 2.45) is 0 Å². The maximum absolute atomic E-state index is 12.9. The largest absolute Gasteiger partial charge is 0.417 e. The normalized spacial score (nSPS) is 15.8. The number of carbonyl (C=O) groups is 1. The highest BCUT2D eigenvalue weighted by Gasteiger charge is 2.32. The summed E-state index contributed by atoms with van der Waals surface area (Å²) in [6.07, 6.45) is 1.48. The van der Waals surface area contributed by atoms with Crippen molar-refractivity contribution in [3.8, 4) is 16.6 Å². The van der Waals surface area contributed by atoms with Gasteiger partial charge in [-0.05, 0) is 5.56 Å². The van der Waals surface area contributed by atoms with Crippen LogP contribution < -0.4 is 0 Å². The molecule has 6 nitrogen and oxygen atoms in total. The quantitative estimate of drug-likeness (QED) is 0.253. The van der Waals surface area contributed by atoms with Gasteiger partial charge in [0.15, 0.2) is 10.6 Å². The molecule has 30 heavy (non-hydrogen) atoms. The van der Waals surface area contributed by atoms with Crippen LogP contribution in [0.5, 0.6) is 0 Å². The van der Waals surface area contributed by atoms with Gasteiger partial charge in [-0.3, -0.25) is 4.79 Å². The number of hydrogen-bond donors (Lipinski definition) is 0. The van der Waals surface area contributed by atoms with Gasteiger partial charge in [0, 0.05) is 28.3 Å². The summed E-state index contributed by atoms with van der Waals surface area (Å²) in [5, 5.41) is 10.2. The molecule has 0 N–H and O–H groups in total. The van der Waals surface area contributed by atoms with E-state index < -0.39 is 0 Å². The number of benzene rings is 2. The molecule has 2 aromatic heterocycles. The average Bonchev–Trinajstić information content (AvgIpc) is 3.42. The summed E-state index contributed by atoms with van der Waals surface area (Å²) in [4.78, 5) is 25.8. The number of thiazole rings is 1. The zero-order valence-electron chi connectivity index (χ0n) is 15.3. The van der Waals surface area contributed by atoms with Gasteiger partial charge in [0.2, 0.25) is 5.89 Å². The fourth-order valence-corrected chi connectivity index (χ4v) is 4.25. The lowest BCUT2D eigenvalue weighted by molar-refractivity contribution is 0.104. The van der Waals surface area contributed by atoms with Crippen LogP contribution in [0.4, 0.5) is 0 Å². The van der Waals surface area contributed by atoms with E-state index in [1.807, 2.05) is 36.4 Å². The molecule has 1 aliphatic carbocycles. The van der Waals surface area contributed by atoms with Crippen LogP contribution in [0.3, 0.4) is 0 Å². The molecule has 0 fully saturated rings. The monoisotopic (exact) mass is 406 g/mol. The molecule has 0 unspecified atom stereocenters. The Morgan fingerprint density at radius 1 is 1.10 bits per heavy atom. The Bertz CT molecular complexity index is 1430. The molecular formula is C23H10N4O2S. The predicted molar refractivity (Wildman–Crippen MR) is 113 cm³/mol. The molecule has 140 valence electrons. The van der Waals surface area contributed by atoms with E-state index in [9.17, 15) is 10.1 Å². The fraction of sp³-hybridized carbons (Fsp3) is 0. The second-order valence-corrected chi connectivity index (χ2v) is 7.40. The molecular weight excluding hydrogens is 396 g/mol. The number of fused-ring (bicyclic) bond motifs is 2. The minimum absolute atomic E-state index is 0.141. The topological polar surface area (TPSA) is 84.1 Å². The van der Waals surface area contributed by atoms with Crippen LogP contribution in [-0.2, 0) is 0 Å². The summed E-state index contributed by atoms with van der Waals surface area (Å²) in [5.41, 5.74) is 2.76. The second kappa shape index (κ2) is 6.93. The van der Waals surface area contributed by atoms with Crippen molar-refractivity contribution in [2.45, 2.75) is 0 Å². The number of aromatic nitrogens is 2. The first-order chi connectivity index (χ1) is 14.7. The van der Waals surface area contributed by atoms with E-state index in [2.05, 4.69) is 14.8 Å². The number of allylic oxidation sites excluding steroid dienone is 3. The third kappa shape index (κ3) is 2.74. The number of ketones is 1. The number of carbonyl (C=O) groups excluding carboxylic acids is 1. The summed E-state index contributed by atoms with van der Waals surface area (Å²) in [7, 11) is 0. The number of oxazole rings is 1. The van der Waals surface area contributed by atoms with Crippen molar-refractivity contribution in [3.05, 3.63) is 94.3 Å². The van der Waals surface area contributed by atoms with Crippen LogP contribution in [0.2, 0.25) is 0 Å². The second-order valence-electron chi connectivity index (χ2n) is 6.43. The molecule has 0 radical (unpaired) electrons. The van der Waals surface area contributed by atoms with Crippen molar-refractivity contribution in [3.63, 3.8) is 0 Å². The summed E-state index contributed by atoms with van der Waals surface area (Å²) >= 11 is 1.39. The van der Waals surface area contributed by atoms with E-state index in [0.29, 0.717) is 27.2 Å². The van der Waals surface area contributed by atoms with E-state index in [-0.39, 0.29) is 22.9 Å². The van der Waals surface area contributed by atoms with Gasteiger partial charge in [0.25, 0.3) is 11.4 Å². The van der Waals surface area contributed by atoms with E-state index in [4.69, 9.17) is 11.0 Å². The van der Waals surface area contributed by atoms with Crippen LogP contribution in [0.15, 0.2) is 70.3 Å². The minimum atomic E-state index is -0.267. The Kier molecular flexibility index (Phi) is 4.10. The third-order valence-corrected chi connectivity index (χ3v) is 5.67. The lowest BCUT2D eigenvalue weighted by Gasteiger charge is -2.00. The summed E-state index contributed by atoms with van der Waals surface area (Å²) in [6.45, 7) is 7.33. The molecule has 0 saturated carbocycles. The maximum atomic E-state index is 12.9. The molecule has 0 bridgehead atoms. The fourth-order valence-electron chi connectivity index (χ4n) is 3.38. The highest BCUT2D eigenvalue weighted by Crippen LogP contribution is 2.40. The Hall–Kier alpha value is -4.33. The smallest absolute Gasteiger partial charge is 0.270 e. The number of rotatable bonds is 2. The predicted octanol–water partition coefficient (Wildman–Crippen LogP) is 5.39. The van der Waals surface area contributed by atoms with Gasteiger partial charge in [-0.25, -0.2) is 10.1 Å². The molecule has 5 rings (SSSR count). The molecule has 0 atom stereocenters. The lowest BCUT2D eigenvalue weighted by atomic mass is 10.0. The molecule has 2 aromatic carbocycles. The first kappa shape index (κ1) is 17.7. The summed E-state index contributed by atoms with van der Waals surface area (Å²) < 4.78 is 5.75. The van der Waals surface area contributed by atoms with Crippen molar-refractivity contribution in [2.75, 3.05) is 0 Å². The Morgan fingerprint density at radius 3 is 2.53 bits per heavy atom. The molecule has 2 heterocycles. The molecule has 0 amide bonds. The van der Waals surface area contributed by atoms with Crippen LogP contribution in [0, 0.1) is 17.9 Å². The van der Waals surface area contributed by atoms with Crippen LogP contribution in [-0.4, -0.2) is 15.8 Å². The lowest BCUT2D eigenvalue weighted by Crippen LogP contribution is -1.95. The van der Waals surface area contributed by atoms with Gasteiger partial charge < -0.3 is 4.42 Å². The highest BCUT2D eigenvalue weighted by atomic mass is 32.1. The molecule has 0 spiro atoms. The van der Waals surface area contributed by atoms with Crippen LogP contribution >= 0.6 is 11.3 Å². The Morgan fingerprint density at radius 2 is 1.83 bits per heavy atom.